The maximum absolute atomic E-state index is 13.5. The second-order valence-corrected chi connectivity index (χ2v) is 5.86. The molecule has 2 fully saturated rings. The predicted octanol–water partition coefficient (Wildman–Crippen LogP) is 2.21. The van der Waals surface area contributed by atoms with E-state index in [-0.39, 0.29) is 36.1 Å². The Hall–Kier alpha value is -1.46. The van der Waals surface area contributed by atoms with E-state index in [4.69, 9.17) is 4.74 Å². The van der Waals surface area contributed by atoms with Crippen molar-refractivity contribution in [2.45, 2.75) is 50.5 Å². The van der Waals surface area contributed by atoms with Crippen LogP contribution in [0.5, 0.6) is 0 Å². The van der Waals surface area contributed by atoms with Crippen LogP contribution in [0, 0.1) is 5.82 Å². The van der Waals surface area contributed by atoms with E-state index in [0.717, 1.165) is 24.8 Å². The Kier molecular flexibility index (Phi) is 3.95. The van der Waals surface area contributed by atoms with Crippen LogP contribution in [-0.2, 0) is 9.53 Å². The number of halogens is 1. The Morgan fingerprint density at radius 1 is 1.38 bits per heavy atom. The number of rotatable bonds is 3. The first kappa shape index (κ1) is 14.5. The molecule has 1 amide bonds. The van der Waals surface area contributed by atoms with Gasteiger partial charge in [0.2, 0.25) is 5.91 Å². The summed E-state index contributed by atoms with van der Waals surface area (Å²) in [5, 5.41) is 3.27. The van der Waals surface area contributed by atoms with Crippen molar-refractivity contribution in [2.75, 3.05) is 7.11 Å². The third-order valence-corrected chi connectivity index (χ3v) is 4.55. The lowest BCUT2D eigenvalue weighted by atomic mass is 10.1. The van der Waals surface area contributed by atoms with Gasteiger partial charge in [0.05, 0.1) is 18.2 Å². The first-order chi connectivity index (χ1) is 10.1. The van der Waals surface area contributed by atoms with Crippen molar-refractivity contribution in [3.63, 3.8) is 0 Å². The standard InChI is InChI=1S/C16H21FN2O2/c1-10-16(20)19(13-7-4-8-14(13)21-2)15(18-10)11-5-3-6-12(17)9-11/h3,5-6,9-10,13-15,18H,4,7-8H2,1-2H3. The maximum Gasteiger partial charge on any atom is 0.241 e. The Bertz CT molecular complexity index is 537. The molecule has 114 valence electrons. The SMILES string of the molecule is COC1CCCC1N1C(=O)C(C)NC1c1cccc(F)c1. The molecule has 1 heterocycles. The van der Waals surface area contributed by atoms with Gasteiger partial charge in [-0.2, -0.15) is 0 Å². The van der Waals surface area contributed by atoms with Gasteiger partial charge in [0, 0.05) is 7.11 Å². The number of hydrogen-bond donors (Lipinski definition) is 1. The second kappa shape index (κ2) is 5.73. The molecule has 1 saturated heterocycles. The molecule has 1 aliphatic heterocycles. The average Bonchev–Trinajstić information content (AvgIpc) is 3.04. The van der Waals surface area contributed by atoms with Crippen LogP contribution in [0.2, 0.25) is 0 Å². The fraction of sp³-hybridized carbons (Fsp3) is 0.562. The third-order valence-electron chi connectivity index (χ3n) is 4.55. The zero-order valence-electron chi connectivity index (χ0n) is 12.4. The topological polar surface area (TPSA) is 41.6 Å². The van der Waals surface area contributed by atoms with E-state index >= 15 is 0 Å². The molecule has 0 aromatic heterocycles. The lowest BCUT2D eigenvalue weighted by Crippen LogP contribution is -2.44. The number of methoxy groups -OCH3 is 1. The number of benzene rings is 1. The first-order valence-electron chi connectivity index (χ1n) is 7.48. The van der Waals surface area contributed by atoms with Gasteiger partial charge < -0.3 is 9.64 Å². The van der Waals surface area contributed by atoms with Crippen molar-refractivity contribution in [1.29, 1.82) is 0 Å². The number of hydrogen-bond acceptors (Lipinski definition) is 3. The zero-order valence-corrected chi connectivity index (χ0v) is 12.4. The van der Waals surface area contributed by atoms with E-state index in [9.17, 15) is 9.18 Å². The number of amides is 1. The van der Waals surface area contributed by atoms with Crippen LogP contribution in [0.3, 0.4) is 0 Å². The molecule has 4 unspecified atom stereocenters. The first-order valence-corrected chi connectivity index (χ1v) is 7.48. The molecule has 21 heavy (non-hydrogen) atoms. The molecule has 4 nitrogen and oxygen atoms in total. The molecule has 1 aliphatic carbocycles. The largest absolute Gasteiger partial charge is 0.379 e. The van der Waals surface area contributed by atoms with Gasteiger partial charge in [-0.05, 0) is 43.9 Å². The minimum Gasteiger partial charge on any atom is -0.379 e. The maximum atomic E-state index is 13.5. The molecule has 3 rings (SSSR count). The third kappa shape index (κ3) is 2.56. The number of nitrogens with zero attached hydrogens (tertiary/aromatic N) is 1. The summed E-state index contributed by atoms with van der Waals surface area (Å²) in [6.45, 7) is 1.85. The molecule has 1 N–H and O–H groups in total. The van der Waals surface area contributed by atoms with E-state index in [1.165, 1.54) is 12.1 Å². The number of ether oxygens (including phenoxy) is 1. The summed E-state index contributed by atoms with van der Waals surface area (Å²) < 4.78 is 19.0. The van der Waals surface area contributed by atoms with E-state index in [1.54, 1.807) is 13.2 Å². The van der Waals surface area contributed by atoms with Gasteiger partial charge in [0.25, 0.3) is 0 Å². The van der Waals surface area contributed by atoms with E-state index in [0.29, 0.717) is 0 Å². The van der Waals surface area contributed by atoms with Crippen LogP contribution in [0.25, 0.3) is 0 Å². The fourth-order valence-corrected chi connectivity index (χ4v) is 3.53. The highest BCUT2D eigenvalue weighted by atomic mass is 19.1. The normalized spacial score (nSPS) is 32.9. The molecule has 1 saturated carbocycles. The Morgan fingerprint density at radius 2 is 2.19 bits per heavy atom. The monoisotopic (exact) mass is 292 g/mol. The van der Waals surface area contributed by atoms with Gasteiger partial charge in [-0.1, -0.05) is 12.1 Å². The molecule has 2 aliphatic rings. The zero-order chi connectivity index (χ0) is 15.0. The van der Waals surface area contributed by atoms with Gasteiger partial charge >= 0.3 is 0 Å². The van der Waals surface area contributed by atoms with Gasteiger partial charge in [0.1, 0.15) is 12.0 Å². The summed E-state index contributed by atoms with van der Waals surface area (Å²) in [6.07, 6.45) is 2.75. The van der Waals surface area contributed by atoms with E-state index in [1.807, 2.05) is 17.9 Å². The lowest BCUT2D eigenvalue weighted by molar-refractivity contribution is -0.134. The molecule has 0 radical (unpaired) electrons. The molecular formula is C16H21FN2O2. The number of nitrogens with one attached hydrogen (secondary N) is 1. The minimum atomic E-state index is -0.282. The van der Waals surface area contributed by atoms with Crippen molar-refractivity contribution < 1.29 is 13.9 Å². The van der Waals surface area contributed by atoms with Crippen LogP contribution in [-0.4, -0.2) is 36.1 Å². The molecule has 4 atom stereocenters. The molecule has 0 bridgehead atoms. The van der Waals surface area contributed by atoms with Crippen molar-refractivity contribution in [1.82, 2.24) is 10.2 Å². The fourth-order valence-electron chi connectivity index (χ4n) is 3.53. The quantitative estimate of drug-likeness (QED) is 0.928. The van der Waals surface area contributed by atoms with Gasteiger partial charge in [0.15, 0.2) is 0 Å². The van der Waals surface area contributed by atoms with Crippen LogP contribution >= 0.6 is 0 Å². The van der Waals surface area contributed by atoms with Gasteiger partial charge in [-0.15, -0.1) is 0 Å². The minimum absolute atomic E-state index is 0.0632. The summed E-state index contributed by atoms with van der Waals surface area (Å²) >= 11 is 0. The highest BCUT2D eigenvalue weighted by Crippen LogP contribution is 2.35. The molecular weight excluding hydrogens is 271 g/mol. The Labute approximate surface area is 124 Å². The summed E-state index contributed by atoms with van der Waals surface area (Å²) in [5.74, 6) is -0.214. The highest BCUT2D eigenvalue weighted by Gasteiger charge is 2.45. The molecule has 5 heteroatoms. The molecule has 0 spiro atoms. The number of carbonyl (C=O) groups is 1. The van der Waals surface area contributed by atoms with Crippen molar-refractivity contribution in [3.05, 3.63) is 35.6 Å². The van der Waals surface area contributed by atoms with Gasteiger partial charge in [-0.25, -0.2) is 4.39 Å². The van der Waals surface area contributed by atoms with Crippen LogP contribution < -0.4 is 5.32 Å². The lowest BCUT2D eigenvalue weighted by Gasteiger charge is -2.33. The smallest absolute Gasteiger partial charge is 0.241 e. The van der Waals surface area contributed by atoms with Crippen molar-refractivity contribution in [3.8, 4) is 0 Å². The van der Waals surface area contributed by atoms with Gasteiger partial charge in [-0.3, -0.25) is 10.1 Å². The predicted molar refractivity (Wildman–Crippen MR) is 77.0 cm³/mol. The van der Waals surface area contributed by atoms with Crippen molar-refractivity contribution >= 4 is 5.91 Å². The summed E-state index contributed by atoms with van der Waals surface area (Å²) in [7, 11) is 1.69. The Morgan fingerprint density at radius 3 is 2.90 bits per heavy atom. The molecule has 1 aromatic rings. The second-order valence-electron chi connectivity index (χ2n) is 5.86. The van der Waals surface area contributed by atoms with Crippen molar-refractivity contribution in [2.24, 2.45) is 0 Å². The van der Waals surface area contributed by atoms with E-state index < -0.39 is 0 Å². The number of carbonyl (C=O) groups excluding carboxylic acids is 1. The summed E-state index contributed by atoms with van der Waals surface area (Å²) in [4.78, 5) is 14.4. The summed E-state index contributed by atoms with van der Waals surface area (Å²) in [6, 6.07) is 6.26. The molecule has 1 aromatic carbocycles. The summed E-state index contributed by atoms with van der Waals surface area (Å²) in [5.41, 5.74) is 0.787. The average molecular weight is 292 g/mol. The van der Waals surface area contributed by atoms with Crippen LogP contribution in [0.15, 0.2) is 24.3 Å². The van der Waals surface area contributed by atoms with E-state index in [2.05, 4.69) is 5.32 Å². The van der Waals surface area contributed by atoms with Crippen LogP contribution in [0.4, 0.5) is 4.39 Å². The van der Waals surface area contributed by atoms with Crippen LogP contribution in [0.1, 0.15) is 37.9 Å². The highest BCUT2D eigenvalue weighted by molar-refractivity contribution is 5.84. The Balaban J connectivity index is 1.93.